The van der Waals surface area contributed by atoms with Crippen LogP contribution in [0.15, 0.2) is 35.1 Å². The SMILES string of the molecule is Cc1cccc(NC(=O)Cn2c(C)nc3[nH]c(C)cc3c2=O)c1. The van der Waals surface area contributed by atoms with E-state index in [2.05, 4.69) is 15.3 Å². The first-order chi connectivity index (χ1) is 10.9. The van der Waals surface area contributed by atoms with Gasteiger partial charge in [0.15, 0.2) is 0 Å². The van der Waals surface area contributed by atoms with Crippen LogP contribution in [0.2, 0.25) is 0 Å². The summed E-state index contributed by atoms with van der Waals surface area (Å²) in [5, 5.41) is 3.30. The fourth-order valence-corrected chi connectivity index (χ4v) is 2.59. The van der Waals surface area contributed by atoms with Crippen molar-refractivity contribution in [2.24, 2.45) is 0 Å². The van der Waals surface area contributed by atoms with E-state index in [1.54, 1.807) is 13.0 Å². The average Bonchev–Trinajstić information content (AvgIpc) is 2.84. The van der Waals surface area contributed by atoms with Crippen molar-refractivity contribution in [1.29, 1.82) is 0 Å². The second-order valence-electron chi connectivity index (χ2n) is 5.68. The third-order valence-electron chi connectivity index (χ3n) is 3.67. The molecular formula is C17H18N4O2. The number of anilines is 1. The van der Waals surface area contributed by atoms with Crippen molar-refractivity contribution in [3.8, 4) is 0 Å². The van der Waals surface area contributed by atoms with Crippen molar-refractivity contribution in [2.45, 2.75) is 27.3 Å². The summed E-state index contributed by atoms with van der Waals surface area (Å²) in [5.41, 5.74) is 2.98. The number of aromatic amines is 1. The molecule has 6 nitrogen and oxygen atoms in total. The second-order valence-corrected chi connectivity index (χ2v) is 5.68. The zero-order valence-corrected chi connectivity index (χ0v) is 13.3. The van der Waals surface area contributed by atoms with Crippen molar-refractivity contribution in [1.82, 2.24) is 14.5 Å². The predicted octanol–water partition coefficient (Wildman–Crippen LogP) is 2.29. The van der Waals surface area contributed by atoms with Crippen LogP contribution >= 0.6 is 0 Å². The molecule has 0 saturated carbocycles. The van der Waals surface area contributed by atoms with Crippen LogP contribution in [0.3, 0.4) is 0 Å². The van der Waals surface area contributed by atoms with Crippen LogP contribution in [0.25, 0.3) is 11.0 Å². The molecule has 0 atom stereocenters. The van der Waals surface area contributed by atoms with Crippen LogP contribution in [0.4, 0.5) is 5.69 Å². The Labute approximate surface area is 133 Å². The molecule has 0 unspecified atom stereocenters. The molecule has 2 N–H and O–H groups in total. The summed E-state index contributed by atoms with van der Waals surface area (Å²) in [5.74, 6) is 0.248. The van der Waals surface area contributed by atoms with Gasteiger partial charge in [0.25, 0.3) is 5.56 Å². The predicted molar refractivity (Wildman–Crippen MR) is 89.6 cm³/mol. The maximum absolute atomic E-state index is 12.5. The van der Waals surface area contributed by atoms with Crippen LogP contribution in [-0.2, 0) is 11.3 Å². The first-order valence-corrected chi connectivity index (χ1v) is 7.37. The number of benzene rings is 1. The second kappa shape index (κ2) is 5.72. The van der Waals surface area contributed by atoms with E-state index in [1.165, 1.54) is 4.57 Å². The Balaban J connectivity index is 1.89. The number of aromatic nitrogens is 3. The molecule has 2 heterocycles. The molecule has 23 heavy (non-hydrogen) atoms. The lowest BCUT2D eigenvalue weighted by Crippen LogP contribution is -2.30. The maximum Gasteiger partial charge on any atom is 0.263 e. The highest BCUT2D eigenvalue weighted by molar-refractivity contribution is 5.90. The highest BCUT2D eigenvalue weighted by Gasteiger charge is 2.13. The van der Waals surface area contributed by atoms with Crippen LogP contribution in [0.5, 0.6) is 0 Å². The summed E-state index contributed by atoms with van der Waals surface area (Å²) in [6.45, 7) is 5.48. The fraction of sp³-hybridized carbons (Fsp3) is 0.235. The largest absolute Gasteiger partial charge is 0.343 e. The lowest BCUT2D eigenvalue weighted by molar-refractivity contribution is -0.116. The minimum atomic E-state index is -0.255. The van der Waals surface area contributed by atoms with Gasteiger partial charge >= 0.3 is 0 Å². The molecule has 118 valence electrons. The molecule has 0 saturated heterocycles. The summed E-state index contributed by atoms with van der Waals surface area (Å²) in [7, 11) is 0. The topological polar surface area (TPSA) is 79.8 Å². The molecule has 1 amide bonds. The van der Waals surface area contributed by atoms with E-state index >= 15 is 0 Å². The van der Waals surface area contributed by atoms with E-state index in [0.717, 1.165) is 11.3 Å². The van der Waals surface area contributed by atoms with Crippen LogP contribution in [0.1, 0.15) is 17.1 Å². The van der Waals surface area contributed by atoms with E-state index < -0.39 is 0 Å². The Hall–Kier alpha value is -2.89. The van der Waals surface area contributed by atoms with E-state index in [4.69, 9.17) is 0 Å². The number of rotatable bonds is 3. The first-order valence-electron chi connectivity index (χ1n) is 7.37. The molecule has 0 aliphatic heterocycles. The number of carbonyl (C=O) groups excluding carboxylic acids is 1. The van der Waals surface area contributed by atoms with Gasteiger partial charge in [-0.25, -0.2) is 4.98 Å². The van der Waals surface area contributed by atoms with Gasteiger partial charge < -0.3 is 10.3 Å². The van der Waals surface area contributed by atoms with Gasteiger partial charge in [0.05, 0.1) is 5.39 Å². The number of carbonyl (C=O) groups is 1. The standard InChI is InChI=1S/C17H18N4O2/c1-10-5-4-6-13(7-10)20-15(22)9-21-12(3)19-16-14(17(21)23)8-11(2)18-16/h4-8,18H,9H2,1-3H3,(H,20,22). The normalized spacial score (nSPS) is 10.9. The molecule has 3 aromatic rings. The Morgan fingerprint density at radius 2 is 2.04 bits per heavy atom. The molecule has 0 aliphatic rings. The number of hydrogen-bond acceptors (Lipinski definition) is 3. The minimum absolute atomic E-state index is 0.0637. The van der Waals surface area contributed by atoms with Crippen LogP contribution < -0.4 is 10.9 Å². The van der Waals surface area contributed by atoms with Gasteiger partial charge in [-0.05, 0) is 44.5 Å². The summed E-state index contributed by atoms with van der Waals surface area (Å²) in [4.78, 5) is 32.2. The molecule has 0 fully saturated rings. The Morgan fingerprint density at radius 1 is 1.26 bits per heavy atom. The van der Waals surface area contributed by atoms with Gasteiger partial charge in [-0.2, -0.15) is 0 Å². The number of hydrogen-bond donors (Lipinski definition) is 2. The number of nitrogens with one attached hydrogen (secondary N) is 2. The number of amides is 1. The Bertz CT molecular complexity index is 953. The lowest BCUT2D eigenvalue weighted by atomic mass is 10.2. The zero-order chi connectivity index (χ0) is 16.6. The van der Waals surface area contributed by atoms with Gasteiger partial charge in [-0.3, -0.25) is 14.2 Å². The maximum atomic E-state index is 12.5. The number of aryl methyl sites for hydroxylation is 3. The first kappa shape index (κ1) is 15.0. The molecule has 0 radical (unpaired) electrons. The third-order valence-corrected chi connectivity index (χ3v) is 3.67. The van der Waals surface area contributed by atoms with Crippen molar-refractivity contribution < 1.29 is 4.79 Å². The highest BCUT2D eigenvalue weighted by Crippen LogP contribution is 2.11. The van der Waals surface area contributed by atoms with Gasteiger partial charge in [-0.1, -0.05) is 12.1 Å². The van der Waals surface area contributed by atoms with Crippen LogP contribution in [-0.4, -0.2) is 20.4 Å². The molecule has 6 heteroatoms. The number of nitrogens with zero attached hydrogens (tertiary/aromatic N) is 2. The Kier molecular flexibility index (Phi) is 3.73. The van der Waals surface area contributed by atoms with E-state index in [-0.39, 0.29) is 18.0 Å². The third kappa shape index (κ3) is 3.01. The molecule has 0 bridgehead atoms. The summed E-state index contributed by atoms with van der Waals surface area (Å²) >= 11 is 0. The van der Waals surface area contributed by atoms with Crippen molar-refractivity contribution in [3.63, 3.8) is 0 Å². The number of H-pyrrole nitrogens is 1. The smallest absolute Gasteiger partial charge is 0.263 e. The molecule has 0 spiro atoms. The Morgan fingerprint density at radius 3 is 2.78 bits per heavy atom. The van der Waals surface area contributed by atoms with Gasteiger partial charge in [0, 0.05) is 11.4 Å². The monoisotopic (exact) mass is 310 g/mol. The lowest BCUT2D eigenvalue weighted by Gasteiger charge is -2.10. The summed E-state index contributed by atoms with van der Waals surface area (Å²) < 4.78 is 1.39. The van der Waals surface area contributed by atoms with Gasteiger partial charge in [0.1, 0.15) is 18.0 Å². The average molecular weight is 310 g/mol. The summed E-state index contributed by atoms with van der Waals surface area (Å²) in [6.07, 6.45) is 0. The molecule has 3 rings (SSSR count). The zero-order valence-electron chi connectivity index (χ0n) is 13.3. The van der Waals surface area contributed by atoms with Crippen molar-refractivity contribution >= 4 is 22.6 Å². The van der Waals surface area contributed by atoms with Gasteiger partial charge in [0.2, 0.25) is 5.91 Å². The fourth-order valence-electron chi connectivity index (χ4n) is 2.59. The van der Waals surface area contributed by atoms with Crippen molar-refractivity contribution in [3.05, 3.63) is 57.8 Å². The van der Waals surface area contributed by atoms with Gasteiger partial charge in [-0.15, -0.1) is 0 Å². The molecular weight excluding hydrogens is 292 g/mol. The van der Waals surface area contributed by atoms with Crippen molar-refractivity contribution in [2.75, 3.05) is 5.32 Å². The molecule has 2 aromatic heterocycles. The molecule has 0 aliphatic carbocycles. The molecule has 1 aromatic carbocycles. The van der Waals surface area contributed by atoms with E-state index in [1.807, 2.05) is 38.1 Å². The highest BCUT2D eigenvalue weighted by atomic mass is 16.2. The quantitative estimate of drug-likeness (QED) is 0.779. The minimum Gasteiger partial charge on any atom is -0.343 e. The summed E-state index contributed by atoms with van der Waals surface area (Å²) in [6, 6.07) is 9.27. The van der Waals surface area contributed by atoms with E-state index in [0.29, 0.717) is 22.5 Å². The van der Waals surface area contributed by atoms with Crippen LogP contribution in [0, 0.1) is 20.8 Å². The van der Waals surface area contributed by atoms with E-state index in [9.17, 15) is 9.59 Å². The number of fused-ring (bicyclic) bond motifs is 1.